The van der Waals surface area contributed by atoms with Crippen LogP contribution in [0.4, 0.5) is 0 Å². The monoisotopic (exact) mass is 331 g/mol. The van der Waals surface area contributed by atoms with E-state index in [0.29, 0.717) is 12.7 Å². The van der Waals surface area contributed by atoms with Crippen molar-refractivity contribution < 1.29 is 9.47 Å². The quantitative estimate of drug-likeness (QED) is 0.793. The minimum atomic E-state index is 0.101. The highest BCUT2D eigenvalue weighted by molar-refractivity contribution is 9.10. The van der Waals surface area contributed by atoms with Gasteiger partial charge < -0.3 is 14.8 Å². The highest BCUT2D eigenvalue weighted by atomic mass is 79.9. The molecule has 1 saturated carbocycles. The molecule has 0 unspecified atom stereocenters. The van der Waals surface area contributed by atoms with Gasteiger partial charge in [0.15, 0.2) is 0 Å². The van der Waals surface area contributed by atoms with Crippen LogP contribution in [-0.2, 0) is 18.4 Å². The van der Waals surface area contributed by atoms with Crippen molar-refractivity contribution in [3.05, 3.63) is 10.2 Å². The molecule has 1 aliphatic carbocycles. The highest BCUT2D eigenvalue weighted by Gasteiger charge is 2.24. The number of aryl methyl sites for hydroxylation is 1. The Morgan fingerprint density at radius 2 is 2.26 bits per heavy atom. The Bertz CT molecular complexity index is 418. The van der Waals surface area contributed by atoms with Crippen molar-refractivity contribution in [2.45, 2.75) is 45.5 Å². The van der Waals surface area contributed by atoms with E-state index in [0.717, 1.165) is 29.1 Å². The van der Waals surface area contributed by atoms with E-state index in [-0.39, 0.29) is 6.10 Å². The predicted molar refractivity (Wildman–Crippen MR) is 77.4 cm³/mol. The molecule has 5 nitrogen and oxygen atoms in total. The van der Waals surface area contributed by atoms with Crippen LogP contribution in [0.25, 0.3) is 0 Å². The molecule has 0 bridgehead atoms. The van der Waals surface area contributed by atoms with Gasteiger partial charge in [-0.2, -0.15) is 5.10 Å². The van der Waals surface area contributed by atoms with Crippen molar-refractivity contribution in [3.8, 4) is 5.88 Å². The molecule has 2 rings (SSSR count). The van der Waals surface area contributed by atoms with Crippen LogP contribution >= 0.6 is 15.9 Å². The Morgan fingerprint density at radius 3 is 2.89 bits per heavy atom. The number of hydrogen-bond donors (Lipinski definition) is 1. The van der Waals surface area contributed by atoms with Crippen molar-refractivity contribution >= 4 is 15.9 Å². The molecule has 1 aromatic rings. The first kappa shape index (κ1) is 14.8. The van der Waals surface area contributed by atoms with Gasteiger partial charge in [0, 0.05) is 13.6 Å². The van der Waals surface area contributed by atoms with E-state index in [2.05, 4.69) is 33.3 Å². The van der Waals surface area contributed by atoms with Gasteiger partial charge in [-0.1, -0.05) is 6.92 Å². The van der Waals surface area contributed by atoms with Crippen LogP contribution in [0.5, 0.6) is 5.88 Å². The number of ether oxygens (including phenoxy) is 2. The second-order valence-corrected chi connectivity index (χ2v) is 5.73. The van der Waals surface area contributed by atoms with E-state index in [9.17, 15) is 0 Å². The zero-order chi connectivity index (χ0) is 13.8. The lowest BCUT2D eigenvalue weighted by atomic mass is 10.4. The summed E-state index contributed by atoms with van der Waals surface area (Å²) in [7, 11) is 1.89. The predicted octanol–water partition coefficient (Wildman–Crippen LogP) is 2.24. The van der Waals surface area contributed by atoms with Crippen molar-refractivity contribution in [3.63, 3.8) is 0 Å². The Hall–Kier alpha value is -0.590. The maximum absolute atomic E-state index is 5.92. The van der Waals surface area contributed by atoms with Crippen LogP contribution in [0.15, 0.2) is 4.47 Å². The molecule has 0 spiro atoms. The van der Waals surface area contributed by atoms with Gasteiger partial charge in [-0.15, -0.1) is 0 Å². The molecular formula is C13H22BrN3O2. The number of nitrogens with one attached hydrogen (secondary N) is 1. The summed E-state index contributed by atoms with van der Waals surface area (Å²) >= 11 is 3.56. The fourth-order valence-corrected chi connectivity index (χ4v) is 2.31. The van der Waals surface area contributed by atoms with Crippen LogP contribution < -0.4 is 10.1 Å². The molecule has 0 saturated heterocycles. The van der Waals surface area contributed by atoms with Crippen LogP contribution in [0.3, 0.4) is 0 Å². The Morgan fingerprint density at radius 1 is 1.53 bits per heavy atom. The Balaban J connectivity index is 1.94. The van der Waals surface area contributed by atoms with E-state index in [1.807, 2.05) is 14.0 Å². The zero-order valence-corrected chi connectivity index (χ0v) is 13.4. The third kappa shape index (κ3) is 4.19. The van der Waals surface area contributed by atoms with Crippen molar-refractivity contribution in [1.82, 2.24) is 15.1 Å². The van der Waals surface area contributed by atoms with Gasteiger partial charge in [-0.3, -0.25) is 0 Å². The third-order valence-corrected chi connectivity index (χ3v) is 3.78. The molecule has 0 amide bonds. The van der Waals surface area contributed by atoms with Crippen LogP contribution in [0.1, 0.15) is 32.4 Å². The van der Waals surface area contributed by atoms with Crippen molar-refractivity contribution in [2.75, 3.05) is 13.1 Å². The molecule has 108 valence electrons. The fraction of sp³-hybridized carbons (Fsp3) is 0.769. The molecule has 1 heterocycles. The summed E-state index contributed by atoms with van der Waals surface area (Å²) < 4.78 is 14.3. The lowest BCUT2D eigenvalue weighted by Crippen LogP contribution is -2.29. The van der Waals surface area contributed by atoms with Crippen LogP contribution in [0.2, 0.25) is 0 Å². The first-order chi connectivity index (χ1) is 9.11. The van der Waals surface area contributed by atoms with Crippen molar-refractivity contribution in [1.29, 1.82) is 0 Å². The van der Waals surface area contributed by atoms with Crippen LogP contribution in [-0.4, -0.2) is 35.1 Å². The van der Waals surface area contributed by atoms with E-state index in [1.165, 1.54) is 12.8 Å². The lowest BCUT2D eigenvalue weighted by Gasteiger charge is -2.15. The van der Waals surface area contributed by atoms with E-state index in [1.54, 1.807) is 4.68 Å². The molecule has 1 aliphatic rings. The largest absolute Gasteiger partial charge is 0.473 e. The summed E-state index contributed by atoms with van der Waals surface area (Å²) in [5.41, 5.74) is 0.903. The summed E-state index contributed by atoms with van der Waals surface area (Å²) in [5, 5.41) is 7.71. The number of rotatable bonds is 8. The topological polar surface area (TPSA) is 48.3 Å². The molecule has 19 heavy (non-hydrogen) atoms. The summed E-state index contributed by atoms with van der Waals surface area (Å²) in [4.78, 5) is 0. The maximum Gasteiger partial charge on any atom is 0.226 e. The molecule has 0 aliphatic heterocycles. The lowest BCUT2D eigenvalue weighted by molar-refractivity contribution is 0.103. The van der Waals surface area contributed by atoms with Gasteiger partial charge in [-0.05, 0) is 42.2 Å². The second-order valence-electron chi connectivity index (χ2n) is 4.94. The molecule has 6 heteroatoms. The van der Waals surface area contributed by atoms with Crippen molar-refractivity contribution in [2.24, 2.45) is 7.05 Å². The first-order valence-corrected chi connectivity index (χ1v) is 7.61. The minimum absolute atomic E-state index is 0.101. The van der Waals surface area contributed by atoms with Gasteiger partial charge >= 0.3 is 0 Å². The third-order valence-electron chi connectivity index (χ3n) is 2.98. The fourth-order valence-electron chi connectivity index (χ4n) is 1.77. The summed E-state index contributed by atoms with van der Waals surface area (Å²) in [6, 6.07) is 0. The molecule has 1 aromatic heterocycles. The number of halogens is 1. The van der Waals surface area contributed by atoms with Gasteiger partial charge in [0.25, 0.3) is 0 Å². The van der Waals surface area contributed by atoms with E-state index >= 15 is 0 Å². The van der Waals surface area contributed by atoms with Gasteiger partial charge in [0.1, 0.15) is 16.3 Å². The van der Waals surface area contributed by atoms with Gasteiger partial charge in [0.2, 0.25) is 5.88 Å². The number of aromatic nitrogens is 2. The Kier molecular flexibility index (Phi) is 5.24. The maximum atomic E-state index is 5.92. The molecule has 1 N–H and O–H groups in total. The standard InChI is InChI=1S/C13H22BrN3O2/c1-4-15-7-9(2)19-13-12(14)11(16-17(13)3)8-18-10-5-6-10/h9-10,15H,4-8H2,1-3H3/t9-/m0/s1. The molecule has 0 aromatic carbocycles. The average molecular weight is 332 g/mol. The highest BCUT2D eigenvalue weighted by Crippen LogP contribution is 2.31. The van der Waals surface area contributed by atoms with E-state index < -0.39 is 0 Å². The second kappa shape index (κ2) is 6.72. The Labute approximate surface area is 122 Å². The number of likely N-dealkylation sites (N-methyl/N-ethyl adjacent to an activating group) is 1. The summed E-state index contributed by atoms with van der Waals surface area (Å²) in [6.45, 7) is 6.44. The average Bonchev–Trinajstić information content (AvgIpc) is 3.17. The molecule has 1 fully saturated rings. The zero-order valence-electron chi connectivity index (χ0n) is 11.8. The van der Waals surface area contributed by atoms with Gasteiger partial charge in [-0.25, -0.2) is 4.68 Å². The van der Waals surface area contributed by atoms with E-state index in [4.69, 9.17) is 9.47 Å². The first-order valence-electron chi connectivity index (χ1n) is 6.82. The SMILES string of the molecule is CCNC[C@H](C)Oc1c(Br)c(COC2CC2)nn1C. The van der Waals surface area contributed by atoms with Gasteiger partial charge in [0.05, 0.1) is 12.7 Å². The summed E-state index contributed by atoms with van der Waals surface area (Å²) in [6.07, 6.45) is 2.89. The molecule has 1 atom stereocenters. The summed E-state index contributed by atoms with van der Waals surface area (Å²) in [5.74, 6) is 0.764. The minimum Gasteiger partial charge on any atom is -0.473 e. The smallest absolute Gasteiger partial charge is 0.226 e. The molecular weight excluding hydrogens is 310 g/mol. The number of hydrogen-bond acceptors (Lipinski definition) is 4. The molecule has 0 radical (unpaired) electrons. The van der Waals surface area contributed by atoms with Crippen LogP contribution in [0, 0.1) is 0 Å². The normalized spacial score (nSPS) is 16.6. The number of nitrogens with zero attached hydrogens (tertiary/aromatic N) is 2.